The first-order valence-corrected chi connectivity index (χ1v) is 5.42. The first-order valence-electron chi connectivity index (χ1n) is 5.42. The van der Waals surface area contributed by atoms with Gasteiger partial charge in [0.1, 0.15) is 23.4 Å². The zero-order chi connectivity index (χ0) is 15.4. The molecule has 9 heteroatoms. The Hall–Kier alpha value is -3.54. The fraction of sp³-hybridized carbons (Fsp3) is 0. The van der Waals surface area contributed by atoms with Gasteiger partial charge in [0.2, 0.25) is 5.88 Å². The number of rotatable bonds is 4. The lowest BCUT2D eigenvalue weighted by molar-refractivity contribution is -0.385. The lowest BCUT2D eigenvalue weighted by atomic mass is 10.2. The third-order valence-corrected chi connectivity index (χ3v) is 2.39. The number of carboxylic acid groups (broad SMARTS) is 1. The number of hydrogen-bond donors (Lipinski definition) is 1. The molecule has 0 fully saturated rings. The average Bonchev–Trinajstić information content (AvgIpc) is 2.47. The van der Waals surface area contributed by atoms with Crippen LogP contribution in [0.25, 0.3) is 0 Å². The maximum absolute atomic E-state index is 11.0. The van der Waals surface area contributed by atoms with E-state index in [2.05, 4.69) is 9.97 Å². The molecule has 2 aromatic heterocycles. The number of carbonyl (C=O) groups is 1. The number of carboxylic acids is 1. The van der Waals surface area contributed by atoms with E-state index in [1.165, 1.54) is 12.3 Å². The van der Waals surface area contributed by atoms with Crippen LogP contribution in [0, 0.1) is 21.4 Å². The molecule has 0 aromatic carbocycles. The Morgan fingerprint density at radius 2 is 2.24 bits per heavy atom. The minimum atomic E-state index is -1.24. The van der Waals surface area contributed by atoms with Crippen molar-refractivity contribution in [1.82, 2.24) is 9.97 Å². The molecule has 21 heavy (non-hydrogen) atoms. The van der Waals surface area contributed by atoms with Gasteiger partial charge >= 0.3 is 5.97 Å². The first-order chi connectivity index (χ1) is 10.0. The molecule has 0 unspecified atom stereocenters. The Kier molecular flexibility index (Phi) is 3.71. The Morgan fingerprint density at radius 3 is 2.86 bits per heavy atom. The van der Waals surface area contributed by atoms with Crippen molar-refractivity contribution in [3.8, 4) is 17.7 Å². The summed E-state index contributed by atoms with van der Waals surface area (Å²) in [6.45, 7) is 0. The maximum atomic E-state index is 11.0. The van der Waals surface area contributed by atoms with E-state index in [0.29, 0.717) is 0 Å². The molecule has 104 valence electrons. The van der Waals surface area contributed by atoms with Gasteiger partial charge in [0.05, 0.1) is 11.1 Å². The highest BCUT2D eigenvalue weighted by Gasteiger charge is 2.17. The number of hydrogen-bond acceptors (Lipinski definition) is 7. The van der Waals surface area contributed by atoms with Crippen molar-refractivity contribution in [3.63, 3.8) is 0 Å². The predicted octanol–water partition coefficient (Wildman–Crippen LogP) is 1.75. The Bertz CT molecular complexity index is 768. The number of ether oxygens (including phenoxy) is 1. The molecule has 0 saturated heterocycles. The normalized spacial score (nSPS) is 9.67. The zero-order valence-electron chi connectivity index (χ0n) is 10.3. The van der Waals surface area contributed by atoms with E-state index in [4.69, 9.17) is 15.1 Å². The van der Waals surface area contributed by atoms with Crippen molar-refractivity contribution in [3.05, 3.63) is 52.0 Å². The molecular formula is C12H6N4O5. The van der Waals surface area contributed by atoms with Crippen LogP contribution in [0.3, 0.4) is 0 Å². The Balaban J connectivity index is 2.43. The van der Waals surface area contributed by atoms with Crippen molar-refractivity contribution >= 4 is 11.7 Å². The van der Waals surface area contributed by atoms with Crippen LogP contribution in [0.2, 0.25) is 0 Å². The van der Waals surface area contributed by atoms with E-state index >= 15 is 0 Å². The average molecular weight is 286 g/mol. The minimum Gasteiger partial charge on any atom is -0.478 e. The number of aromatic nitrogens is 2. The molecular weight excluding hydrogens is 280 g/mol. The standard InChI is InChI=1S/C12H6N4O5/c13-4-7-3-8(16(19)20)5-15-11(7)21-10-6-14-2-1-9(10)12(17)18/h1-3,5-6H,(H,17,18). The van der Waals surface area contributed by atoms with Gasteiger partial charge in [-0.05, 0) is 6.07 Å². The van der Waals surface area contributed by atoms with Crippen molar-refractivity contribution in [2.24, 2.45) is 0 Å². The van der Waals surface area contributed by atoms with Crippen LogP contribution >= 0.6 is 0 Å². The van der Waals surface area contributed by atoms with Gasteiger partial charge in [-0.1, -0.05) is 0 Å². The topological polar surface area (TPSA) is 139 Å². The van der Waals surface area contributed by atoms with Gasteiger partial charge < -0.3 is 9.84 Å². The zero-order valence-corrected chi connectivity index (χ0v) is 10.3. The maximum Gasteiger partial charge on any atom is 0.339 e. The second-order valence-corrected chi connectivity index (χ2v) is 3.69. The van der Waals surface area contributed by atoms with Crippen molar-refractivity contribution in [2.75, 3.05) is 0 Å². The van der Waals surface area contributed by atoms with E-state index in [1.807, 2.05) is 0 Å². The predicted molar refractivity (Wildman–Crippen MR) is 66.9 cm³/mol. The second kappa shape index (κ2) is 5.62. The van der Waals surface area contributed by atoms with E-state index in [-0.39, 0.29) is 28.4 Å². The lowest BCUT2D eigenvalue weighted by Crippen LogP contribution is -2.02. The largest absolute Gasteiger partial charge is 0.478 e. The molecule has 0 aliphatic rings. The van der Waals surface area contributed by atoms with Crippen LogP contribution in [-0.2, 0) is 0 Å². The molecule has 0 amide bonds. The summed E-state index contributed by atoms with van der Waals surface area (Å²) in [5.41, 5.74) is -0.734. The van der Waals surface area contributed by atoms with Gasteiger partial charge in [0, 0.05) is 12.3 Å². The van der Waals surface area contributed by atoms with Gasteiger partial charge in [0.15, 0.2) is 5.75 Å². The first kappa shape index (κ1) is 13.9. The molecule has 2 heterocycles. The monoisotopic (exact) mass is 286 g/mol. The smallest absolute Gasteiger partial charge is 0.339 e. The molecule has 9 nitrogen and oxygen atoms in total. The van der Waals surface area contributed by atoms with Crippen molar-refractivity contribution < 1.29 is 19.6 Å². The van der Waals surface area contributed by atoms with Crippen LogP contribution in [0.1, 0.15) is 15.9 Å². The molecule has 2 rings (SSSR count). The Morgan fingerprint density at radius 1 is 1.48 bits per heavy atom. The van der Waals surface area contributed by atoms with E-state index < -0.39 is 10.9 Å². The number of pyridine rings is 2. The summed E-state index contributed by atoms with van der Waals surface area (Å²) in [6.07, 6.45) is 3.32. The highest BCUT2D eigenvalue weighted by molar-refractivity contribution is 5.90. The molecule has 0 radical (unpaired) electrons. The molecule has 0 saturated carbocycles. The number of nitrogens with zero attached hydrogens (tertiary/aromatic N) is 4. The second-order valence-electron chi connectivity index (χ2n) is 3.69. The molecule has 0 aliphatic heterocycles. The van der Waals surface area contributed by atoms with Gasteiger partial charge in [-0.15, -0.1) is 0 Å². The van der Waals surface area contributed by atoms with E-state index in [1.54, 1.807) is 6.07 Å². The SMILES string of the molecule is N#Cc1cc([N+](=O)[O-])cnc1Oc1cnccc1C(=O)O. The fourth-order valence-corrected chi connectivity index (χ4v) is 1.44. The Labute approximate surface area is 117 Å². The summed E-state index contributed by atoms with van der Waals surface area (Å²) in [7, 11) is 0. The van der Waals surface area contributed by atoms with Crippen molar-refractivity contribution in [2.45, 2.75) is 0 Å². The van der Waals surface area contributed by atoms with E-state index in [9.17, 15) is 14.9 Å². The van der Waals surface area contributed by atoms with Crippen LogP contribution in [-0.4, -0.2) is 26.0 Å². The van der Waals surface area contributed by atoms with Gasteiger partial charge in [0.25, 0.3) is 5.69 Å². The van der Waals surface area contributed by atoms with Crippen LogP contribution in [0.15, 0.2) is 30.7 Å². The highest BCUT2D eigenvalue weighted by atomic mass is 16.6. The van der Waals surface area contributed by atoms with Gasteiger partial charge in [-0.25, -0.2) is 9.78 Å². The summed E-state index contributed by atoms with van der Waals surface area (Å²) in [6, 6.07) is 3.90. The van der Waals surface area contributed by atoms with Gasteiger partial charge in [-0.3, -0.25) is 15.1 Å². The van der Waals surface area contributed by atoms with E-state index in [0.717, 1.165) is 18.5 Å². The number of nitro groups is 1. The van der Waals surface area contributed by atoms with Crippen LogP contribution < -0.4 is 4.74 Å². The van der Waals surface area contributed by atoms with Crippen LogP contribution in [0.5, 0.6) is 11.6 Å². The lowest BCUT2D eigenvalue weighted by Gasteiger charge is -2.07. The fourth-order valence-electron chi connectivity index (χ4n) is 1.44. The van der Waals surface area contributed by atoms with Crippen LogP contribution in [0.4, 0.5) is 5.69 Å². The van der Waals surface area contributed by atoms with Gasteiger partial charge in [-0.2, -0.15) is 5.26 Å². The summed E-state index contributed by atoms with van der Waals surface area (Å²) >= 11 is 0. The molecule has 0 aliphatic carbocycles. The molecule has 0 atom stereocenters. The summed E-state index contributed by atoms with van der Waals surface area (Å²) in [5.74, 6) is -1.60. The third kappa shape index (κ3) is 2.90. The number of nitriles is 1. The summed E-state index contributed by atoms with van der Waals surface area (Å²) < 4.78 is 5.23. The minimum absolute atomic E-state index is 0.122. The highest BCUT2D eigenvalue weighted by Crippen LogP contribution is 2.27. The number of aromatic carboxylic acids is 1. The molecule has 2 aromatic rings. The summed E-state index contributed by atoms with van der Waals surface area (Å²) in [5, 5.41) is 28.6. The summed E-state index contributed by atoms with van der Waals surface area (Å²) in [4.78, 5) is 28.3. The third-order valence-electron chi connectivity index (χ3n) is 2.39. The van der Waals surface area contributed by atoms with Crippen molar-refractivity contribution in [1.29, 1.82) is 5.26 Å². The molecule has 0 spiro atoms. The molecule has 1 N–H and O–H groups in total. The molecule has 0 bridgehead atoms. The quantitative estimate of drug-likeness (QED) is 0.662.